The number of benzene rings is 3. The summed E-state index contributed by atoms with van der Waals surface area (Å²) in [5.41, 5.74) is 2.39. The molecule has 0 aliphatic heterocycles. The number of carbonyl (C=O) groups is 1. The molecule has 4 nitrogen and oxygen atoms in total. The first-order valence-electron chi connectivity index (χ1n) is 9.76. The van der Waals surface area contributed by atoms with Gasteiger partial charge in [0.1, 0.15) is 17.1 Å². The van der Waals surface area contributed by atoms with Gasteiger partial charge in [0, 0.05) is 28.5 Å². The largest absolute Gasteiger partial charge is 0.456 e. The molecular weight excluding hydrogens is 398 g/mol. The van der Waals surface area contributed by atoms with E-state index in [2.05, 4.69) is 0 Å². The van der Waals surface area contributed by atoms with E-state index in [0.717, 1.165) is 28.4 Å². The van der Waals surface area contributed by atoms with Crippen LogP contribution in [0.3, 0.4) is 0 Å². The maximum Gasteiger partial charge on any atom is 0.311 e. The molecule has 0 atom stereocenters. The second-order valence-electron chi connectivity index (χ2n) is 6.83. The highest BCUT2D eigenvalue weighted by atomic mass is 35.5. The molecule has 0 N–H and O–H groups in total. The summed E-state index contributed by atoms with van der Waals surface area (Å²) in [6, 6.07) is 24.4. The third-order valence-electron chi connectivity index (χ3n) is 4.54. The molecule has 4 rings (SSSR count). The Balaban J connectivity index is 1.78. The van der Waals surface area contributed by atoms with Crippen molar-refractivity contribution in [2.45, 2.75) is 19.8 Å². The van der Waals surface area contributed by atoms with E-state index in [-0.39, 0.29) is 5.97 Å². The van der Waals surface area contributed by atoms with Crippen molar-refractivity contribution in [1.29, 1.82) is 0 Å². The Kier molecular flexibility index (Phi) is 5.96. The number of carbonyl (C=O) groups excluding carboxylic acids is 1. The van der Waals surface area contributed by atoms with Crippen LogP contribution >= 0.6 is 11.6 Å². The first-order chi connectivity index (χ1) is 14.6. The molecule has 0 unspecified atom stereocenters. The molecule has 0 saturated carbocycles. The number of hydrogen-bond donors (Lipinski definition) is 0. The van der Waals surface area contributed by atoms with Crippen molar-refractivity contribution in [1.82, 2.24) is 0 Å². The molecule has 1 heterocycles. The van der Waals surface area contributed by atoms with Gasteiger partial charge in [0.05, 0.1) is 11.0 Å². The van der Waals surface area contributed by atoms with Gasteiger partial charge in [-0.1, -0.05) is 48.9 Å². The molecule has 0 saturated heterocycles. The minimum Gasteiger partial charge on any atom is -0.456 e. The lowest BCUT2D eigenvalue weighted by Crippen LogP contribution is -2.06. The number of esters is 1. The molecule has 0 fully saturated rings. The van der Waals surface area contributed by atoms with Gasteiger partial charge in [-0.2, -0.15) is 0 Å². The molecule has 1 aromatic heterocycles. The fraction of sp³-hybridized carbons (Fsp3) is 0.120. The van der Waals surface area contributed by atoms with Crippen LogP contribution < -0.4 is 10.1 Å². The Morgan fingerprint density at radius 2 is 1.77 bits per heavy atom. The van der Waals surface area contributed by atoms with E-state index >= 15 is 0 Å². The molecule has 150 valence electrons. The lowest BCUT2D eigenvalue weighted by atomic mass is 10.1. The third-order valence-corrected chi connectivity index (χ3v) is 4.77. The standard InChI is InChI=1S/C25H20ClNO3/c1-2-6-25(28)29-20-12-10-19(11-13-20)27-22-16-24(17-7-4-3-5-8-17)30-23-14-9-18(26)15-21(22)23/h3-5,7-16H,2,6H2,1H3. The number of fused-ring (bicyclic) bond motifs is 1. The maximum absolute atomic E-state index is 11.7. The number of rotatable bonds is 5. The lowest BCUT2D eigenvalue weighted by molar-refractivity contribution is -0.134. The van der Waals surface area contributed by atoms with Crippen molar-refractivity contribution >= 4 is 34.2 Å². The second-order valence-corrected chi connectivity index (χ2v) is 7.27. The molecule has 0 spiro atoms. The van der Waals surface area contributed by atoms with Gasteiger partial charge in [0.25, 0.3) is 0 Å². The molecule has 4 aromatic rings. The summed E-state index contributed by atoms with van der Waals surface area (Å²) < 4.78 is 11.4. The number of ether oxygens (including phenoxy) is 1. The van der Waals surface area contributed by atoms with Gasteiger partial charge in [-0.3, -0.25) is 4.79 Å². The van der Waals surface area contributed by atoms with Crippen LogP contribution in [0.5, 0.6) is 5.75 Å². The highest BCUT2D eigenvalue weighted by Crippen LogP contribution is 2.25. The average Bonchev–Trinajstić information content (AvgIpc) is 2.76. The molecule has 0 amide bonds. The Morgan fingerprint density at radius 3 is 2.50 bits per heavy atom. The predicted molar refractivity (Wildman–Crippen MR) is 119 cm³/mol. The highest BCUT2D eigenvalue weighted by Gasteiger charge is 2.07. The van der Waals surface area contributed by atoms with Crippen LogP contribution in [0.2, 0.25) is 5.02 Å². The summed E-state index contributed by atoms with van der Waals surface area (Å²) in [4.78, 5) is 16.5. The fourth-order valence-electron chi connectivity index (χ4n) is 3.09. The summed E-state index contributed by atoms with van der Waals surface area (Å²) in [6.45, 7) is 1.94. The van der Waals surface area contributed by atoms with Gasteiger partial charge in [-0.25, -0.2) is 4.99 Å². The molecular formula is C25H20ClNO3. The highest BCUT2D eigenvalue weighted by molar-refractivity contribution is 6.31. The van der Waals surface area contributed by atoms with Crippen molar-refractivity contribution < 1.29 is 13.9 Å². The van der Waals surface area contributed by atoms with Crippen LogP contribution in [0.25, 0.3) is 22.3 Å². The molecule has 5 heteroatoms. The first-order valence-corrected chi connectivity index (χ1v) is 10.1. The quantitative estimate of drug-likeness (QED) is 0.268. The number of halogens is 1. The van der Waals surface area contributed by atoms with Gasteiger partial charge in [0.15, 0.2) is 0 Å². The number of nitrogens with zero attached hydrogens (tertiary/aromatic N) is 1. The topological polar surface area (TPSA) is 51.8 Å². The van der Waals surface area contributed by atoms with E-state index in [1.807, 2.05) is 67.6 Å². The Bertz CT molecular complexity index is 1250. The zero-order valence-electron chi connectivity index (χ0n) is 16.5. The van der Waals surface area contributed by atoms with Crippen LogP contribution in [0.15, 0.2) is 88.3 Å². The monoisotopic (exact) mass is 417 g/mol. The third kappa shape index (κ3) is 4.61. The summed E-state index contributed by atoms with van der Waals surface area (Å²) in [5.74, 6) is 0.989. The van der Waals surface area contributed by atoms with Gasteiger partial charge in [-0.15, -0.1) is 0 Å². The normalized spacial score (nSPS) is 11.6. The summed E-state index contributed by atoms with van der Waals surface area (Å²) in [5, 5.41) is 2.17. The van der Waals surface area contributed by atoms with Gasteiger partial charge in [0.2, 0.25) is 0 Å². The summed E-state index contributed by atoms with van der Waals surface area (Å²) >= 11 is 6.21. The van der Waals surface area contributed by atoms with Crippen LogP contribution in [0.1, 0.15) is 19.8 Å². The van der Waals surface area contributed by atoms with E-state index in [1.54, 1.807) is 18.2 Å². The molecule has 30 heavy (non-hydrogen) atoms. The van der Waals surface area contributed by atoms with E-state index in [4.69, 9.17) is 25.7 Å². The van der Waals surface area contributed by atoms with Gasteiger partial charge < -0.3 is 9.15 Å². The van der Waals surface area contributed by atoms with Crippen molar-refractivity contribution in [2.75, 3.05) is 0 Å². The first kappa shape index (κ1) is 19.9. The van der Waals surface area contributed by atoms with Crippen LogP contribution in [-0.2, 0) is 4.79 Å². The van der Waals surface area contributed by atoms with Crippen molar-refractivity contribution in [3.63, 3.8) is 0 Å². The molecule has 3 aromatic carbocycles. The van der Waals surface area contributed by atoms with Gasteiger partial charge in [-0.05, 0) is 48.9 Å². The number of hydrogen-bond acceptors (Lipinski definition) is 4. The van der Waals surface area contributed by atoms with E-state index < -0.39 is 0 Å². The molecule has 0 aliphatic rings. The van der Waals surface area contributed by atoms with Crippen molar-refractivity contribution in [3.8, 4) is 17.1 Å². The average molecular weight is 418 g/mol. The van der Waals surface area contributed by atoms with E-state index in [0.29, 0.717) is 28.5 Å². The van der Waals surface area contributed by atoms with Crippen LogP contribution in [0.4, 0.5) is 5.69 Å². The molecule has 0 aliphatic carbocycles. The Morgan fingerprint density at radius 1 is 1.00 bits per heavy atom. The second kappa shape index (κ2) is 8.97. The predicted octanol–water partition coefficient (Wildman–Crippen LogP) is 6.69. The van der Waals surface area contributed by atoms with E-state index in [1.165, 1.54) is 0 Å². The summed E-state index contributed by atoms with van der Waals surface area (Å²) in [7, 11) is 0. The smallest absolute Gasteiger partial charge is 0.311 e. The zero-order chi connectivity index (χ0) is 20.9. The molecule has 0 radical (unpaired) electrons. The fourth-order valence-corrected chi connectivity index (χ4v) is 3.26. The van der Waals surface area contributed by atoms with E-state index in [9.17, 15) is 4.79 Å². The zero-order valence-corrected chi connectivity index (χ0v) is 17.2. The van der Waals surface area contributed by atoms with Gasteiger partial charge >= 0.3 is 5.97 Å². The van der Waals surface area contributed by atoms with Crippen LogP contribution in [0, 0.1) is 0 Å². The Hall–Kier alpha value is -3.37. The van der Waals surface area contributed by atoms with Crippen molar-refractivity contribution in [2.24, 2.45) is 4.99 Å². The Labute approximate surface area is 179 Å². The maximum atomic E-state index is 11.7. The molecule has 0 bridgehead atoms. The SMILES string of the molecule is CCCC(=O)Oc1ccc(N=c2cc(-c3ccccc3)oc3ccc(Cl)cc23)cc1. The minimum absolute atomic E-state index is 0.236. The van der Waals surface area contributed by atoms with Crippen molar-refractivity contribution in [3.05, 3.63) is 89.2 Å². The summed E-state index contributed by atoms with van der Waals surface area (Å²) in [6.07, 6.45) is 1.15. The van der Waals surface area contributed by atoms with Crippen LogP contribution in [-0.4, -0.2) is 5.97 Å². The minimum atomic E-state index is -0.236. The lowest BCUT2D eigenvalue weighted by Gasteiger charge is -2.06.